The minimum absolute atomic E-state index is 0.0376. The molecule has 6 nitrogen and oxygen atoms in total. The number of aliphatic hydroxyl groups is 1. The van der Waals surface area contributed by atoms with E-state index in [0.29, 0.717) is 16.7 Å². The van der Waals surface area contributed by atoms with Crippen LogP contribution in [-0.2, 0) is 4.74 Å². The zero-order valence-corrected chi connectivity index (χ0v) is 13.9. The Morgan fingerprint density at radius 2 is 2.35 bits per heavy atom. The van der Waals surface area contributed by atoms with Gasteiger partial charge in [-0.25, -0.2) is 4.79 Å². The van der Waals surface area contributed by atoms with Gasteiger partial charge < -0.3 is 14.6 Å². The lowest BCUT2D eigenvalue weighted by Crippen LogP contribution is -2.28. The van der Waals surface area contributed by atoms with Crippen molar-refractivity contribution in [2.24, 2.45) is 0 Å². The van der Waals surface area contributed by atoms with E-state index < -0.39 is 18.0 Å². The van der Waals surface area contributed by atoms with Gasteiger partial charge >= 0.3 is 5.69 Å². The van der Waals surface area contributed by atoms with E-state index in [9.17, 15) is 9.90 Å². The maximum atomic E-state index is 12.1. The number of hydrogen-bond acceptors (Lipinski definition) is 5. The van der Waals surface area contributed by atoms with E-state index in [4.69, 9.17) is 9.47 Å². The second-order valence-corrected chi connectivity index (χ2v) is 6.05. The molecule has 112 valence electrons. The monoisotopic (exact) mass is 394 g/mol. The van der Waals surface area contributed by atoms with Gasteiger partial charge in [0.05, 0.1) is 18.3 Å². The van der Waals surface area contributed by atoms with Crippen LogP contribution in [0.4, 0.5) is 0 Å². The van der Waals surface area contributed by atoms with Crippen LogP contribution in [0.2, 0.25) is 0 Å². The molecule has 1 saturated heterocycles. The number of aromatic nitrogens is 2. The van der Waals surface area contributed by atoms with Crippen molar-refractivity contribution in [3.8, 4) is 5.88 Å². The molecule has 2 rings (SSSR count). The molecule has 0 aliphatic carbocycles. The number of aliphatic hydroxyl groups excluding tert-OH is 1. The molecule has 0 amide bonds. The molecule has 2 heterocycles. The molecule has 1 aliphatic rings. The van der Waals surface area contributed by atoms with Crippen molar-refractivity contribution in [2.45, 2.75) is 51.7 Å². The highest BCUT2D eigenvalue weighted by molar-refractivity contribution is 14.1. The van der Waals surface area contributed by atoms with Crippen LogP contribution in [0, 0.1) is 6.92 Å². The topological polar surface area (TPSA) is 73.6 Å². The van der Waals surface area contributed by atoms with Gasteiger partial charge in [-0.1, -0.05) is 22.6 Å². The van der Waals surface area contributed by atoms with E-state index in [1.165, 1.54) is 4.57 Å². The van der Waals surface area contributed by atoms with Crippen molar-refractivity contribution >= 4 is 22.6 Å². The molecule has 20 heavy (non-hydrogen) atoms. The molecule has 1 unspecified atom stereocenters. The van der Waals surface area contributed by atoms with Gasteiger partial charge in [-0.05, 0) is 20.8 Å². The maximum Gasteiger partial charge on any atom is 0.352 e. The number of nitrogens with zero attached hydrogens (tertiary/aromatic N) is 2. The molecule has 0 radical (unpaired) electrons. The van der Waals surface area contributed by atoms with Gasteiger partial charge in [0.1, 0.15) is 6.23 Å². The minimum atomic E-state index is -0.546. The van der Waals surface area contributed by atoms with Gasteiger partial charge in [-0.2, -0.15) is 4.98 Å². The summed E-state index contributed by atoms with van der Waals surface area (Å²) in [6.07, 6.45) is 0.801. The summed E-state index contributed by atoms with van der Waals surface area (Å²) < 4.78 is 13.3. The summed E-state index contributed by atoms with van der Waals surface area (Å²) in [5.41, 5.74) is 0.354. The Kier molecular flexibility index (Phi) is 5.03. The van der Waals surface area contributed by atoms with Crippen molar-refractivity contribution < 1.29 is 14.6 Å². The Bertz CT molecular complexity index is 532. The predicted octanol–water partition coefficient (Wildman–Crippen LogP) is 1.42. The summed E-state index contributed by atoms with van der Waals surface area (Å²) in [4.78, 5) is 16.0. The normalized spacial score (nSPS) is 26.2. The molecule has 7 heteroatoms. The second kappa shape index (κ2) is 6.40. The highest BCUT2D eigenvalue weighted by Crippen LogP contribution is 2.29. The number of halogens is 1. The van der Waals surface area contributed by atoms with Crippen molar-refractivity contribution in [1.29, 1.82) is 0 Å². The smallest absolute Gasteiger partial charge is 0.352 e. The first-order valence-electron chi connectivity index (χ1n) is 6.58. The van der Waals surface area contributed by atoms with E-state index in [1.807, 2.05) is 20.8 Å². The fourth-order valence-corrected chi connectivity index (χ4v) is 2.92. The van der Waals surface area contributed by atoms with Crippen LogP contribution >= 0.6 is 22.6 Å². The number of alkyl halides is 1. The lowest BCUT2D eigenvalue weighted by molar-refractivity contribution is -0.00632. The van der Waals surface area contributed by atoms with Crippen LogP contribution in [0.25, 0.3) is 0 Å². The third-order valence-electron chi connectivity index (χ3n) is 3.10. The Hall–Kier alpha value is -0.670. The summed E-state index contributed by atoms with van der Waals surface area (Å²) in [6, 6.07) is 0. The van der Waals surface area contributed by atoms with E-state index >= 15 is 0 Å². The predicted molar refractivity (Wildman–Crippen MR) is 82.4 cm³/mol. The first-order valence-corrected chi connectivity index (χ1v) is 8.11. The molecular formula is C13H19IN2O4. The van der Waals surface area contributed by atoms with Crippen LogP contribution in [0.3, 0.4) is 0 Å². The quantitative estimate of drug-likeness (QED) is 0.618. The molecule has 0 aromatic carbocycles. The van der Waals surface area contributed by atoms with Crippen molar-refractivity contribution in [2.75, 3.05) is 4.43 Å². The number of hydrogen-bond donors (Lipinski definition) is 1. The van der Waals surface area contributed by atoms with E-state index in [1.54, 1.807) is 6.20 Å². The molecule has 1 fully saturated rings. The first-order chi connectivity index (χ1) is 9.42. The second-order valence-electron chi connectivity index (χ2n) is 5.17. The van der Waals surface area contributed by atoms with Crippen LogP contribution in [-0.4, -0.2) is 37.4 Å². The molecule has 0 bridgehead atoms. The van der Waals surface area contributed by atoms with E-state index in [0.717, 1.165) is 5.56 Å². The number of rotatable bonds is 4. The van der Waals surface area contributed by atoms with Crippen LogP contribution in [0.5, 0.6) is 5.88 Å². The maximum absolute atomic E-state index is 12.1. The fourth-order valence-electron chi connectivity index (χ4n) is 2.13. The summed E-state index contributed by atoms with van der Waals surface area (Å²) in [7, 11) is 0. The largest absolute Gasteiger partial charge is 0.475 e. The molecule has 3 atom stereocenters. The van der Waals surface area contributed by atoms with E-state index in [2.05, 4.69) is 27.6 Å². The average molecular weight is 394 g/mol. The highest BCUT2D eigenvalue weighted by Gasteiger charge is 2.34. The highest BCUT2D eigenvalue weighted by atomic mass is 127. The van der Waals surface area contributed by atoms with Crippen molar-refractivity contribution in [3.63, 3.8) is 0 Å². The van der Waals surface area contributed by atoms with Crippen LogP contribution < -0.4 is 10.4 Å². The fraction of sp³-hybridized carbons (Fsp3) is 0.692. The molecule has 1 aliphatic heterocycles. The molecule has 0 spiro atoms. The summed E-state index contributed by atoms with van der Waals surface area (Å²) in [6.45, 7) is 5.60. The van der Waals surface area contributed by atoms with Gasteiger partial charge in [0.15, 0.2) is 0 Å². The molecule has 1 aromatic heterocycles. The van der Waals surface area contributed by atoms with Crippen LogP contribution in [0.15, 0.2) is 11.0 Å². The molecule has 1 N–H and O–H groups in total. The average Bonchev–Trinajstić information content (AvgIpc) is 2.74. The molecular weight excluding hydrogens is 375 g/mol. The van der Waals surface area contributed by atoms with Gasteiger partial charge in [-0.15, -0.1) is 0 Å². The van der Waals surface area contributed by atoms with Gasteiger partial charge in [-0.3, -0.25) is 4.57 Å². The molecule has 1 aromatic rings. The Morgan fingerprint density at radius 1 is 1.65 bits per heavy atom. The molecule has 0 saturated carbocycles. The first kappa shape index (κ1) is 15.7. The van der Waals surface area contributed by atoms with Gasteiger partial charge in [0.25, 0.3) is 0 Å². The summed E-state index contributed by atoms with van der Waals surface area (Å²) >= 11 is 2.16. The standard InChI is InChI=1S/C13H19IN2O4/c1-7(2)19-12-8(3)6-16(13(18)15-12)11-4-9(17)10(5-14)20-11/h6-7,9-11,17H,4-5H2,1-3H3/t9-,10+,11?/m0/s1. The number of aryl methyl sites for hydroxylation is 1. The minimum Gasteiger partial charge on any atom is -0.475 e. The SMILES string of the molecule is Cc1cn(C2C[C@H](O)[C@@H](CI)O2)c(=O)nc1OC(C)C. The number of ether oxygens (including phenoxy) is 2. The van der Waals surface area contributed by atoms with Gasteiger partial charge in [0.2, 0.25) is 5.88 Å². The third-order valence-corrected chi connectivity index (χ3v) is 3.97. The Labute approximate surface area is 131 Å². The summed E-state index contributed by atoms with van der Waals surface area (Å²) in [5.74, 6) is 0.352. The zero-order valence-electron chi connectivity index (χ0n) is 11.7. The lowest BCUT2D eigenvalue weighted by Gasteiger charge is -2.17. The van der Waals surface area contributed by atoms with E-state index in [-0.39, 0.29) is 12.2 Å². The lowest BCUT2D eigenvalue weighted by atomic mass is 10.2. The van der Waals surface area contributed by atoms with Gasteiger partial charge in [0, 0.05) is 22.6 Å². The van der Waals surface area contributed by atoms with Crippen molar-refractivity contribution in [3.05, 3.63) is 22.2 Å². The Balaban J connectivity index is 2.26. The van der Waals surface area contributed by atoms with Crippen molar-refractivity contribution in [1.82, 2.24) is 9.55 Å². The van der Waals surface area contributed by atoms with Crippen LogP contribution in [0.1, 0.15) is 32.1 Å². The zero-order chi connectivity index (χ0) is 14.9. The third kappa shape index (κ3) is 3.32. The summed E-state index contributed by atoms with van der Waals surface area (Å²) in [5, 5.41) is 9.86. The Morgan fingerprint density at radius 3 is 2.90 bits per heavy atom.